The van der Waals surface area contributed by atoms with Gasteiger partial charge in [0, 0.05) is 36.1 Å². The van der Waals surface area contributed by atoms with Crippen LogP contribution in [-0.2, 0) is 6.61 Å². The van der Waals surface area contributed by atoms with E-state index >= 15 is 0 Å². The molecule has 3 aromatic carbocycles. The van der Waals surface area contributed by atoms with Gasteiger partial charge in [0.15, 0.2) is 11.5 Å². The molecule has 0 amide bonds. The smallest absolute Gasteiger partial charge is 0.165 e. The molecule has 180 valence electrons. The van der Waals surface area contributed by atoms with E-state index in [9.17, 15) is 0 Å². The van der Waals surface area contributed by atoms with Gasteiger partial charge in [-0.1, -0.05) is 64.0 Å². The first-order chi connectivity index (χ1) is 16.7. The maximum atomic E-state index is 6.43. The number of hydrogen-bond acceptors (Lipinski definition) is 4. The molecule has 0 spiro atoms. The van der Waals surface area contributed by atoms with Crippen molar-refractivity contribution in [2.24, 2.45) is 0 Å². The van der Waals surface area contributed by atoms with Gasteiger partial charge in [0.25, 0.3) is 0 Å². The topological polar surface area (TPSA) is 30.9 Å². The number of nitrogens with zero attached hydrogens (tertiary/aromatic N) is 1. The van der Waals surface area contributed by atoms with Crippen molar-refractivity contribution in [2.45, 2.75) is 44.9 Å². The number of piperidine rings is 1. The average Bonchev–Trinajstić information content (AvgIpc) is 2.91. The minimum absolute atomic E-state index is 0.306. The van der Waals surface area contributed by atoms with Crippen LogP contribution < -0.4 is 24.4 Å². The molecule has 1 aliphatic rings. The molecule has 34 heavy (non-hydrogen) atoms. The average molecular weight is 478 g/mol. The van der Waals surface area contributed by atoms with E-state index in [-0.39, 0.29) is 0 Å². The number of methoxy groups -OCH3 is 2. The molecule has 1 saturated heterocycles. The second-order valence-corrected chi connectivity index (χ2v) is 10.2. The highest BCUT2D eigenvalue weighted by molar-refractivity contribution is 7.48. The van der Waals surface area contributed by atoms with Crippen LogP contribution in [-0.4, -0.2) is 27.3 Å². The number of para-hydroxylation sites is 1. The third kappa shape index (κ3) is 5.85. The second-order valence-electron chi connectivity index (χ2n) is 8.69. The van der Waals surface area contributed by atoms with Crippen molar-refractivity contribution in [3.05, 3.63) is 77.9 Å². The number of anilines is 1. The fraction of sp³-hybridized carbons (Fsp3) is 0.379. The van der Waals surface area contributed by atoms with Gasteiger partial charge in [0.2, 0.25) is 0 Å². The normalized spacial score (nSPS) is 14.9. The van der Waals surface area contributed by atoms with E-state index in [1.807, 2.05) is 24.3 Å². The molecule has 0 aromatic heterocycles. The maximum Gasteiger partial charge on any atom is 0.165 e. The van der Waals surface area contributed by atoms with E-state index < -0.39 is 0 Å². The molecule has 0 bridgehead atoms. The fourth-order valence-corrected chi connectivity index (χ4v) is 6.13. The Labute approximate surface area is 206 Å². The van der Waals surface area contributed by atoms with Crippen molar-refractivity contribution in [1.82, 2.24) is 0 Å². The first-order valence-corrected chi connectivity index (χ1v) is 13.3. The lowest BCUT2D eigenvalue weighted by atomic mass is 10.1. The zero-order valence-electron chi connectivity index (χ0n) is 20.5. The lowest BCUT2D eigenvalue weighted by Gasteiger charge is -2.31. The summed E-state index contributed by atoms with van der Waals surface area (Å²) < 4.78 is 17.8. The Bertz CT molecular complexity index is 1050. The minimum atomic E-state index is 0.306. The molecule has 2 unspecified atom stereocenters. The molecule has 0 radical (unpaired) electrons. The predicted octanol–water partition coefficient (Wildman–Crippen LogP) is 6.73. The molecule has 1 aliphatic heterocycles. The Morgan fingerprint density at radius 2 is 1.62 bits per heavy atom. The van der Waals surface area contributed by atoms with Crippen LogP contribution in [0, 0.1) is 0 Å². The predicted molar refractivity (Wildman–Crippen MR) is 144 cm³/mol. The molecule has 3 aromatic rings. The molecule has 0 N–H and O–H groups in total. The third-order valence-corrected chi connectivity index (χ3v) is 8.25. The van der Waals surface area contributed by atoms with E-state index in [0.717, 1.165) is 47.9 Å². The standard InChI is InChI=1S/C29H36NO3P/c1-4-27(34-28-16-10-9-15-25(28)30-17-11-6-12-18-30)24-19-23(31-2)20-26(32-3)29(24)33-21-22-13-7-5-8-14-22/h5,7-10,13-16,19-20,27,34H,4,6,11-12,17-18,21H2,1-3H3. The van der Waals surface area contributed by atoms with Crippen molar-refractivity contribution < 1.29 is 14.2 Å². The monoisotopic (exact) mass is 477 g/mol. The van der Waals surface area contributed by atoms with Crippen LogP contribution in [0.1, 0.15) is 49.4 Å². The quantitative estimate of drug-likeness (QED) is 0.303. The van der Waals surface area contributed by atoms with Gasteiger partial charge in [-0.15, -0.1) is 0 Å². The first kappa shape index (κ1) is 24.4. The number of benzene rings is 3. The number of rotatable bonds is 10. The van der Waals surface area contributed by atoms with Crippen molar-refractivity contribution >= 4 is 19.6 Å². The first-order valence-electron chi connectivity index (χ1n) is 12.3. The Morgan fingerprint density at radius 1 is 0.882 bits per heavy atom. The summed E-state index contributed by atoms with van der Waals surface area (Å²) in [6.45, 7) is 5.06. The van der Waals surface area contributed by atoms with Gasteiger partial charge in [-0.2, -0.15) is 0 Å². The third-order valence-electron chi connectivity index (χ3n) is 6.45. The van der Waals surface area contributed by atoms with Crippen LogP contribution in [0.3, 0.4) is 0 Å². The summed E-state index contributed by atoms with van der Waals surface area (Å²) in [5.74, 6) is 2.34. The molecule has 4 nitrogen and oxygen atoms in total. The summed E-state index contributed by atoms with van der Waals surface area (Å²) in [5.41, 5.74) is 3.99. The molecule has 5 heteroatoms. The van der Waals surface area contributed by atoms with Gasteiger partial charge in [-0.3, -0.25) is 0 Å². The van der Waals surface area contributed by atoms with Crippen LogP contribution in [0.5, 0.6) is 17.2 Å². The second kappa shape index (κ2) is 12.1. The van der Waals surface area contributed by atoms with Gasteiger partial charge < -0.3 is 19.1 Å². The zero-order valence-corrected chi connectivity index (χ0v) is 21.5. The summed E-state index contributed by atoms with van der Waals surface area (Å²) in [6, 6.07) is 23.3. The summed E-state index contributed by atoms with van der Waals surface area (Å²) in [6.07, 6.45) is 4.90. The van der Waals surface area contributed by atoms with Crippen molar-refractivity contribution in [1.29, 1.82) is 0 Å². The molecule has 0 saturated carbocycles. The van der Waals surface area contributed by atoms with Gasteiger partial charge in [0.05, 0.1) is 14.2 Å². The summed E-state index contributed by atoms with van der Waals surface area (Å²) in [5, 5.41) is 1.42. The van der Waals surface area contributed by atoms with E-state index in [1.165, 1.54) is 30.3 Å². The highest BCUT2D eigenvalue weighted by Crippen LogP contribution is 2.48. The maximum absolute atomic E-state index is 6.43. The molecule has 2 atom stereocenters. The lowest BCUT2D eigenvalue weighted by molar-refractivity contribution is 0.279. The summed E-state index contributed by atoms with van der Waals surface area (Å²) >= 11 is 0. The van der Waals surface area contributed by atoms with Crippen molar-refractivity contribution in [3.8, 4) is 17.2 Å². The SMILES string of the molecule is CCC(Pc1ccccc1N1CCCCC1)c1cc(OC)cc(OC)c1OCc1ccccc1. The van der Waals surface area contributed by atoms with E-state index in [0.29, 0.717) is 20.8 Å². The van der Waals surface area contributed by atoms with Crippen LogP contribution in [0.25, 0.3) is 0 Å². The summed E-state index contributed by atoms with van der Waals surface area (Å²) in [4.78, 5) is 2.57. The van der Waals surface area contributed by atoms with Crippen LogP contribution >= 0.6 is 8.58 Å². The number of ether oxygens (including phenoxy) is 3. The van der Waals surface area contributed by atoms with E-state index in [1.54, 1.807) is 14.2 Å². The molecule has 0 aliphatic carbocycles. The lowest BCUT2D eigenvalue weighted by Crippen LogP contribution is -2.32. The van der Waals surface area contributed by atoms with Gasteiger partial charge in [-0.25, -0.2) is 0 Å². The largest absolute Gasteiger partial charge is 0.497 e. The Hall–Kier alpha value is -2.71. The zero-order chi connectivity index (χ0) is 23.8. The Balaban J connectivity index is 1.67. The molecular formula is C29H36NO3P. The van der Waals surface area contributed by atoms with Gasteiger partial charge >= 0.3 is 0 Å². The molecule has 4 rings (SSSR count). The van der Waals surface area contributed by atoms with Gasteiger partial charge in [0.1, 0.15) is 12.4 Å². The number of hydrogen-bond donors (Lipinski definition) is 0. The minimum Gasteiger partial charge on any atom is -0.497 e. The molecular weight excluding hydrogens is 441 g/mol. The highest BCUT2D eigenvalue weighted by Gasteiger charge is 2.23. The summed E-state index contributed by atoms with van der Waals surface area (Å²) in [7, 11) is 4.03. The molecule has 1 heterocycles. The molecule has 1 fully saturated rings. The Kier molecular flexibility index (Phi) is 8.71. The van der Waals surface area contributed by atoms with Crippen molar-refractivity contribution in [3.63, 3.8) is 0 Å². The van der Waals surface area contributed by atoms with Crippen LogP contribution in [0.4, 0.5) is 5.69 Å². The Morgan fingerprint density at radius 3 is 2.32 bits per heavy atom. The van der Waals surface area contributed by atoms with Gasteiger partial charge in [-0.05, 0) is 48.7 Å². The van der Waals surface area contributed by atoms with Crippen molar-refractivity contribution in [2.75, 3.05) is 32.2 Å². The fourth-order valence-electron chi connectivity index (χ4n) is 4.60. The van der Waals surface area contributed by atoms with Crippen LogP contribution in [0.2, 0.25) is 0 Å². The highest BCUT2D eigenvalue weighted by atomic mass is 31.1. The van der Waals surface area contributed by atoms with Crippen LogP contribution in [0.15, 0.2) is 66.7 Å². The van der Waals surface area contributed by atoms with E-state index in [2.05, 4.69) is 54.3 Å². The van der Waals surface area contributed by atoms with E-state index in [4.69, 9.17) is 14.2 Å².